The molecule has 0 aliphatic carbocycles. The van der Waals surface area contributed by atoms with Gasteiger partial charge in [0, 0.05) is 0 Å². The standard InChI is InChI=1S/C15H25FN2/c1-3-18(4-2)13-5-11-17-12-10-14-6-8-15(16)9-7-14/h6-9,17H,3-5,10-13H2,1-2H3. The Morgan fingerprint density at radius 1 is 1.06 bits per heavy atom. The molecule has 0 amide bonds. The van der Waals surface area contributed by atoms with E-state index in [0.29, 0.717) is 0 Å². The SMILES string of the molecule is CCN(CC)CCCNCCc1ccc(F)cc1. The molecule has 0 fully saturated rings. The molecule has 1 aromatic carbocycles. The largest absolute Gasteiger partial charge is 0.316 e. The molecule has 0 unspecified atom stereocenters. The second-order valence-corrected chi connectivity index (χ2v) is 4.51. The maximum atomic E-state index is 12.7. The van der Waals surface area contributed by atoms with Crippen LogP contribution in [0, 0.1) is 5.82 Å². The van der Waals surface area contributed by atoms with E-state index in [1.807, 2.05) is 12.1 Å². The van der Waals surface area contributed by atoms with Gasteiger partial charge in [-0.15, -0.1) is 0 Å². The zero-order valence-corrected chi connectivity index (χ0v) is 11.6. The number of halogens is 1. The van der Waals surface area contributed by atoms with Crippen LogP contribution in [0.5, 0.6) is 0 Å². The van der Waals surface area contributed by atoms with Crippen LogP contribution in [0.4, 0.5) is 4.39 Å². The molecule has 18 heavy (non-hydrogen) atoms. The van der Waals surface area contributed by atoms with Crippen molar-refractivity contribution in [2.75, 3.05) is 32.7 Å². The Kier molecular flexibility index (Phi) is 7.62. The van der Waals surface area contributed by atoms with Crippen molar-refractivity contribution in [1.82, 2.24) is 10.2 Å². The second kappa shape index (κ2) is 9.06. The third-order valence-electron chi connectivity index (χ3n) is 3.23. The van der Waals surface area contributed by atoms with Crippen LogP contribution < -0.4 is 5.32 Å². The van der Waals surface area contributed by atoms with Crippen molar-refractivity contribution in [3.63, 3.8) is 0 Å². The highest BCUT2D eigenvalue weighted by Gasteiger charge is 1.98. The Morgan fingerprint density at radius 3 is 2.33 bits per heavy atom. The fourth-order valence-electron chi connectivity index (χ4n) is 1.98. The minimum Gasteiger partial charge on any atom is -0.316 e. The molecule has 0 aliphatic heterocycles. The van der Waals surface area contributed by atoms with Gasteiger partial charge in [-0.05, 0) is 63.3 Å². The number of rotatable bonds is 9. The zero-order valence-electron chi connectivity index (χ0n) is 11.6. The number of nitrogens with one attached hydrogen (secondary N) is 1. The van der Waals surface area contributed by atoms with Crippen molar-refractivity contribution in [2.45, 2.75) is 26.7 Å². The van der Waals surface area contributed by atoms with E-state index in [1.54, 1.807) is 0 Å². The third-order valence-corrected chi connectivity index (χ3v) is 3.23. The first kappa shape index (κ1) is 15.1. The molecule has 3 heteroatoms. The van der Waals surface area contributed by atoms with Crippen LogP contribution in [0.15, 0.2) is 24.3 Å². The molecule has 0 bridgehead atoms. The molecule has 2 nitrogen and oxygen atoms in total. The number of benzene rings is 1. The van der Waals surface area contributed by atoms with E-state index in [9.17, 15) is 4.39 Å². The highest BCUT2D eigenvalue weighted by Crippen LogP contribution is 2.02. The van der Waals surface area contributed by atoms with E-state index >= 15 is 0 Å². The normalized spacial score (nSPS) is 11.1. The van der Waals surface area contributed by atoms with Gasteiger partial charge in [-0.3, -0.25) is 0 Å². The molecule has 0 atom stereocenters. The Morgan fingerprint density at radius 2 is 1.72 bits per heavy atom. The summed E-state index contributed by atoms with van der Waals surface area (Å²) in [6, 6.07) is 6.76. The number of hydrogen-bond donors (Lipinski definition) is 1. The molecule has 0 aliphatic rings. The molecule has 1 rings (SSSR count). The van der Waals surface area contributed by atoms with E-state index in [4.69, 9.17) is 0 Å². The summed E-state index contributed by atoms with van der Waals surface area (Å²) in [4.78, 5) is 2.43. The van der Waals surface area contributed by atoms with Crippen LogP contribution in [-0.2, 0) is 6.42 Å². The first-order chi connectivity index (χ1) is 8.76. The monoisotopic (exact) mass is 252 g/mol. The molecule has 102 valence electrons. The minimum atomic E-state index is -0.161. The number of nitrogens with zero attached hydrogens (tertiary/aromatic N) is 1. The van der Waals surface area contributed by atoms with Gasteiger partial charge >= 0.3 is 0 Å². The van der Waals surface area contributed by atoms with Crippen LogP contribution in [-0.4, -0.2) is 37.6 Å². The average Bonchev–Trinajstić information content (AvgIpc) is 2.40. The molecule has 0 spiro atoms. The van der Waals surface area contributed by atoms with Crippen LogP contribution in [0.1, 0.15) is 25.8 Å². The molecule has 0 saturated heterocycles. The summed E-state index contributed by atoms with van der Waals surface area (Å²) in [6.07, 6.45) is 2.15. The lowest BCUT2D eigenvalue weighted by molar-refractivity contribution is 0.298. The van der Waals surface area contributed by atoms with Gasteiger partial charge in [0.25, 0.3) is 0 Å². The summed E-state index contributed by atoms with van der Waals surface area (Å²) in [7, 11) is 0. The lowest BCUT2D eigenvalue weighted by atomic mass is 10.1. The van der Waals surface area contributed by atoms with E-state index in [-0.39, 0.29) is 5.82 Å². The van der Waals surface area contributed by atoms with Crippen molar-refractivity contribution >= 4 is 0 Å². The predicted molar refractivity (Wildman–Crippen MR) is 75.4 cm³/mol. The molecule has 0 aromatic heterocycles. The van der Waals surface area contributed by atoms with Crippen molar-refractivity contribution in [1.29, 1.82) is 0 Å². The smallest absolute Gasteiger partial charge is 0.123 e. The second-order valence-electron chi connectivity index (χ2n) is 4.51. The third kappa shape index (κ3) is 6.12. The predicted octanol–water partition coefficient (Wildman–Crippen LogP) is 2.69. The molecular formula is C15H25FN2. The first-order valence-corrected chi connectivity index (χ1v) is 6.93. The van der Waals surface area contributed by atoms with Crippen LogP contribution >= 0.6 is 0 Å². The zero-order chi connectivity index (χ0) is 13.2. The van der Waals surface area contributed by atoms with Gasteiger partial charge in [0.05, 0.1) is 0 Å². The molecular weight excluding hydrogens is 227 g/mol. The Hall–Kier alpha value is -0.930. The van der Waals surface area contributed by atoms with Crippen LogP contribution in [0.25, 0.3) is 0 Å². The highest BCUT2D eigenvalue weighted by molar-refractivity contribution is 5.16. The lowest BCUT2D eigenvalue weighted by Gasteiger charge is -2.17. The van der Waals surface area contributed by atoms with Gasteiger partial charge in [-0.1, -0.05) is 26.0 Å². The Labute approximate surface area is 110 Å². The maximum absolute atomic E-state index is 12.7. The average molecular weight is 252 g/mol. The van der Waals surface area contributed by atoms with Crippen molar-refractivity contribution in [3.8, 4) is 0 Å². The van der Waals surface area contributed by atoms with Gasteiger partial charge in [0.15, 0.2) is 0 Å². The summed E-state index contributed by atoms with van der Waals surface area (Å²) in [6.45, 7) is 9.84. The fourth-order valence-corrected chi connectivity index (χ4v) is 1.98. The molecule has 0 heterocycles. The van der Waals surface area contributed by atoms with Crippen LogP contribution in [0.2, 0.25) is 0 Å². The van der Waals surface area contributed by atoms with E-state index < -0.39 is 0 Å². The Bertz CT molecular complexity index is 307. The first-order valence-electron chi connectivity index (χ1n) is 6.93. The fraction of sp³-hybridized carbons (Fsp3) is 0.600. The molecule has 0 radical (unpaired) electrons. The quantitative estimate of drug-likeness (QED) is 0.680. The van der Waals surface area contributed by atoms with Crippen molar-refractivity contribution in [2.24, 2.45) is 0 Å². The van der Waals surface area contributed by atoms with Gasteiger partial charge < -0.3 is 10.2 Å². The van der Waals surface area contributed by atoms with Crippen molar-refractivity contribution in [3.05, 3.63) is 35.6 Å². The molecule has 1 aromatic rings. The van der Waals surface area contributed by atoms with Gasteiger partial charge in [-0.2, -0.15) is 0 Å². The summed E-state index contributed by atoms with van der Waals surface area (Å²) in [5, 5.41) is 3.43. The maximum Gasteiger partial charge on any atom is 0.123 e. The van der Waals surface area contributed by atoms with Crippen LogP contribution in [0.3, 0.4) is 0 Å². The van der Waals surface area contributed by atoms with E-state index in [0.717, 1.165) is 39.1 Å². The lowest BCUT2D eigenvalue weighted by Crippen LogP contribution is -2.27. The van der Waals surface area contributed by atoms with E-state index in [2.05, 4.69) is 24.1 Å². The number of hydrogen-bond acceptors (Lipinski definition) is 2. The minimum absolute atomic E-state index is 0.161. The summed E-state index contributed by atoms with van der Waals surface area (Å²) in [5.41, 5.74) is 1.19. The summed E-state index contributed by atoms with van der Waals surface area (Å²) >= 11 is 0. The topological polar surface area (TPSA) is 15.3 Å². The Balaban J connectivity index is 2.03. The summed E-state index contributed by atoms with van der Waals surface area (Å²) in [5.74, 6) is -0.161. The molecule has 1 N–H and O–H groups in total. The van der Waals surface area contributed by atoms with Gasteiger partial charge in [0.1, 0.15) is 5.82 Å². The molecule has 0 saturated carbocycles. The summed E-state index contributed by atoms with van der Waals surface area (Å²) < 4.78 is 12.7. The van der Waals surface area contributed by atoms with Gasteiger partial charge in [-0.25, -0.2) is 4.39 Å². The van der Waals surface area contributed by atoms with Crippen molar-refractivity contribution < 1.29 is 4.39 Å². The highest BCUT2D eigenvalue weighted by atomic mass is 19.1. The van der Waals surface area contributed by atoms with E-state index in [1.165, 1.54) is 24.1 Å². The van der Waals surface area contributed by atoms with Gasteiger partial charge in [0.2, 0.25) is 0 Å².